The molecule has 0 aliphatic rings. The summed E-state index contributed by atoms with van der Waals surface area (Å²) in [5.41, 5.74) is -0.510. The highest BCUT2D eigenvalue weighted by Gasteiger charge is 2.26. The summed E-state index contributed by atoms with van der Waals surface area (Å²) in [6.45, 7) is 2.83. The van der Waals surface area contributed by atoms with Crippen LogP contribution in [0.4, 0.5) is 0 Å². The van der Waals surface area contributed by atoms with Crippen molar-refractivity contribution in [3.63, 3.8) is 0 Å². The molecular weight excluding hydrogens is 306 g/mol. The first-order valence-corrected chi connectivity index (χ1v) is 9.05. The van der Waals surface area contributed by atoms with E-state index in [2.05, 4.69) is 9.72 Å². The van der Waals surface area contributed by atoms with Gasteiger partial charge in [0, 0.05) is 0 Å². The van der Waals surface area contributed by atoms with Crippen molar-refractivity contribution >= 4 is 25.6 Å². The molecule has 0 aliphatic carbocycles. The molecule has 0 amide bonds. The summed E-state index contributed by atoms with van der Waals surface area (Å²) < 4.78 is 51.7. The highest BCUT2D eigenvalue weighted by Crippen LogP contribution is 2.19. The number of pyridine rings is 1. The molecule has 0 radical (unpaired) electrons. The van der Waals surface area contributed by atoms with Gasteiger partial charge in [0.2, 0.25) is 0 Å². The molecule has 0 aliphatic heterocycles. The van der Waals surface area contributed by atoms with Crippen molar-refractivity contribution in [1.29, 1.82) is 0 Å². The van der Waals surface area contributed by atoms with Crippen LogP contribution in [0.25, 0.3) is 0 Å². The molecule has 1 aromatic rings. The smallest absolute Gasteiger partial charge is 0.358 e. The average Bonchev–Trinajstić information content (AvgIpc) is 2.45. The summed E-state index contributed by atoms with van der Waals surface area (Å²) in [6, 6.07) is 2.15. The van der Waals surface area contributed by atoms with Gasteiger partial charge in [-0.15, -0.1) is 0 Å². The fraction of sp³-hybridized carbons (Fsp3) is 0.455. The Bertz CT molecular complexity index is 721. The molecule has 1 heterocycles. The van der Waals surface area contributed by atoms with Crippen LogP contribution in [0.2, 0.25) is 0 Å². The zero-order chi connectivity index (χ0) is 15.6. The highest BCUT2D eigenvalue weighted by molar-refractivity contribution is 7.91. The van der Waals surface area contributed by atoms with Crippen molar-refractivity contribution in [2.45, 2.75) is 23.8 Å². The predicted octanol–water partition coefficient (Wildman–Crippen LogP) is 0.455. The molecule has 1 rings (SSSR count). The minimum atomic E-state index is -3.71. The molecule has 0 unspecified atom stereocenters. The normalized spacial score (nSPS) is 12.2. The average molecular weight is 321 g/mol. The van der Waals surface area contributed by atoms with Gasteiger partial charge >= 0.3 is 5.97 Å². The van der Waals surface area contributed by atoms with E-state index in [1.54, 1.807) is 0 Å². The van der Waals surface area contributed by atoms with E-state index < -0.39 is 31.3 Å². The quantitative estimate of drug-likeness (QED) is 0.725. The molecule has 1 aromatic heterocycles. The zero-order valence-corrected chi connectivity index (χ0v) is 12.9. The van der Waals surface area contributed by atoms with Crippen LogP contribution in [-0.4, -0.2) is 46.4 Å². The lowest BCUT2D eigenvalue weighted by Gasteiger charge is -2.09. The van der Waals surface area contributed by atoms with Crippen molar-refractivity contribution in [2.75, 3.05) is 18.6 Å². The van der Waals surface area contributed by atoms with E-state index in [4.69, 9.17) is 0 Å². The van der Waals surface area contributed by atoms with Crippen molar-refractivity contribution in [3.8, 4) is 0 Å². The first-order chi connectivity index (χ1) is 9.19. The molecule has 0 bridgehead atoms. The number of sulfone groups is 2. The van der Waals surface area contributed by atoms with Crippen LogP contribution < -0.4 is 0 Å². The van der Waals surface area contributed by atoms with E-state index in [0.29, 0.717) is 0 Å². The largest absolute Gasteiger partial charge is 0.464 e. The lowest BCUT2D eigenvalue weighted by molar-refractivity contribution is 0.0588. The van der Waals surface area contributed by atoms with Crippen LogP contribution in [-0.2, 0) is 24.4 Å². The number of esters is 1. The van der Waals surface area contributed by atoms with E-state index >= 15 is 0 Å². The second-order valence-corrected chi connectivity index (χ2v) is 8.27. The topological polar surface area (TPSA) is 107 Å². The Kier molecular flexibility index (Phi) is 4.87. The van der Waals surface area contributed by atoms with Crippen LogP contribution in [0.1, 0.15) is 24.3 Å². The summed E-state index contributed by atoms with van der Waals surface area (Å²) in [6.07, 6.45) is 0. The third-order valence-corrected chi connectivity index (χ3v) is 6.01. The fourth-order valence-corrected chi connectivity index (χ4v) is 3.21. The first kappa shape index (κ1) is 16.6. The number of ether oxygens (including phenoxy) is 1. The van der Waals surface area contributed by atoms with Crippen molar-refractivity contribution in [2.24, 2.45) is 0 Å². The lowest BCUT2D eigenvalue weighted by atomic mass is 10.3. The summed E-state index contributed by atoms with van der Waals surface area (Å²) in [7, 11) is -6.29. The van der Waals surface area contributed by atoms with Crippen LogP contribution in [0, 0.1) is 0 Å². The molecule has 0 spiro atoms. The maximum atomic E-state index is 11.9. The molecule has 0 atom stereocenters. The van der Waals surface area contributed by atoms with Gasteiger partial charge in [0.25, 0.3) is 0 Å². The number of rotatable bonds is 5. The molecule has 112 valence electrons. The van der Waals surface area contributed by atoms with Gasteiger partial charge in [-0.2, -0.15) is 0 Å². The number of carbonyl (C=O) groups is 1. The Labute approximate surface area is 117 Å². The van der Waals surface area contributed by atoms with Gasteiger partial charge in [0.05, 0.1) is 18.6 Å². The number of carbonyl (C=O) groups excluding carboxylic acids is 1. The third-order valence-electron chi connectivity index (χ3n) is 2.63. The molecule has 0 aromatic carbocycles. The summed E-state index contributed by atoms with van der Waals surface area (Å²) >= 11 is 0. The van der Waals surface area contributed by atoms with E-state index in [-0.39, 0.29) is 21.4 Å². The summed E-state index contributed by atoms with van der Waals surface area (Å²) in [5.74, 6) is -1.44. The summed E-state index contributed by atoms with van der Waals surface area (Å²) in [5, 5.41) is -0.351. The molecule has 0 N–H and O–H groups in total. The third kappa shape index (κ3) is 3.15. The van der Waals surface area contributed by atoms with Gasteiger partial charge in [0.1, 0.15) is 4.90 Å². The standard InChI is InChI=1S/C11H15NO6S2/c1-4-19(14,15)8-6-7-9(20(16,17)5-2)12-10(8)11(13)18-3/h6-7H,4-5H2,1-3H3. The number of nitrogens with zero attached hydrogens (tertiary/aromatic N) is 1. The van der Waals surface area contributed by atoms with Crippen LogP contribution in [0.15, 0.2) is 22.1 Å². The Balaban J connectivity index is 3.63. The number of hydrogen-bond donors (Lipinski definition) is 0. The number of methoxy groups -OCH3 is 1. The maximum absolute atomic E-state index is 11.9. The van der Waals surface area contributed by atoms with Crippen molar-refractivity contribution in [3.05, 3.63) is 17.8 Å². The minimum Gasteiger partial charge on any atom is -0.464 e. The molecule has 9 heteroatoms. The molecule has 0 saturated carbocycles. The molecule has 0 fully saturated rings. The lowest BCUT2D eigenvalue weighted by Crippen LogP contribution is -2.17. The van der Waals surface area contributed by atoms with Gasteiger partial charge in [0.15, 0.2) is 30.4 Å². The Hall–Kier alpha value is -1.48. The number of hydrogen-bond acceptors (Lipinski definition) is 7. The monoisotopic (exact) mass is 321 g/mol. The molecule has 0 saturated heterocycles. The molecule has 7 nitrogen and oxygen atoms in total. The second kappa shape index (κ2) is 5.88. The van der Waals surface area contributed by atoms with Crippen LogP contribution >= 0.6 is 0 Å². The van der Waals surface area contributed by atoms with Gasteiger partial charge in [-0.25, -0.2) is 26.6 Å². The van der Waals surface area contributed by atoms with E-state index in [1.807, 2.05) is 0 Å². The van der Waals surface area contributed by atoms with Gasteiger partial charge < -0.3 is 4.74 Å². The summed E-state index contributed by atoms with van der Waals surface area (Å²) in [4.78, 5) is 14.9. The van der Waals surface area contributed by atoms with Gasteiger partial charge in [-0.3, -0.25) is 0 Å². The predicted molar refractivity (Wildman–Crippen MR) is 71.0 cm³/mol. The zero-order valence-electron chi connectivity index (χ0n) is 11.3. The molecule has 20 heavy (non-hydrogen) atoms. The minimum absolute atomic E-state index is 0.208. The molecular formula is C11H15NO6S2. The Morgan fingerprint density at radius 3 is 2.10 bits per heavy atom. The van der Waals surface area contributed by atoms with Gasteiger partial charge in [-0.1, -0.05) is 13.8 Å². The first-order valence-electron chi connectivity index (χ1n) is 5.74. The van der Waals surface area contributed by atoms with E-state index in [1.165, 1.54) is 13.8 Å². The SMILES string of the molecule is CCS(=O)(=O)c1ccc(S(=O)(=O)CC)c(C(=O)OC)n1. The second-order valence-electron chi connectivity index (χ2n) is 3.79. The van der Waals surface area contributed by atoms with Crippen molar-refractivity contribution in [1.82, 2.24) is 4.98 Å². The van der Waals surface area contributed by atoms with Crippen LogP contribution in [0.5, 0.6) is 0 Å². The van der Waals surface area contributed by atoms with E-state index in [9.17, 15) is 21.6 Å². The van der Waals surface area contributed by atoms with Crippen LogP contribution in [0.3, 0.4) is 0 Å². The fourth-order valence-electron chi connectivity index (χ4n) is 1.40. The number of aromatic nitrogens is 1. The Morgan fingerprint density at radius 2 is 1.65 bits per heavy atom. The van der Waals surface area contributed by atoms with Gasteiger partial charge in [-0.05, 0) is 12.1 Å². The van der Waals surface area contributed by atoms with E-state index in [0.717, 1.165) is 19.2 Å². The Morgan fingerprint density at radius 1 is 1.10 bits per heavy atom. The van der Waals surface area contributed by atoms with Crippen molar-refractivity contribution < 1.29 is 26.4 Å². The highest BCUT2D eigenvalue weighted by atomic mass is 32.2. The maximum Gasteiger partial charge on any atom is 0.358 e.